The molecule has 0 bridgehead atoms. The minimum atomic E-state index is 0.343. The van der Waals surface area contributed by atoms with Crippen LogP contribution >= 0.6 is 0 Å². The van der Waals surface area contributed by atoms with Gasteiger partial charge in [-0.25, -0.2) is 4.89 Å². The van der Waals surface area contributed by atoms with Crippen molar-refractivity contribution in [2.24, 2.45) is 0 Å². The van der Waals surface area contributed by atoms with Gasteiger partial charge in [0.25, 0.3) is 0 Å². The Bertz CT molecular complexity index is 55.3. The highest BCUT2D eigenvalue weighted by Gasteiger charge is 1.86. The first-order valence-corrected chi connectivity index (χ1v) is 2.92. The third kappa shape index (κ3) is 18.4. The number of ketones is 1. The summed E-state index contributed by atoms with van der Waals surface area (Å²) in [5.74, 6) is 0.343. The zero-order chi connectivity index (χ0) is 7.70. The number of rotatable bonds is 2. The normalized spacial score (nSPS) is 7.56. The van der Waals surface area contributed by atoms with Crippen molar-refractivity contribution in [1.82, 2.24) is 0 Å². The van der Waals surface area contributed by atoms with Crippen LogP contribution in [0.25, 0.3) is 0 Å². The molecule has 0 amide bonds. The largest absolute Gasteiger partial charge is 0.300 e. The Kier molecular flexibility index (Phi) is 13.4. The zero-order valence-corrected chi connectivity index (χ0v) is 6.18. The van der Waals surface area contributed by atoms with Crippen molar-refractivity contribution in [3.05, 3.63) is 0 Å². The Balaban J connectivity index is 0. The van der Waals surface area contributed by atoms with Gasteiger partial charge in [-0.3, -0.25) is 10.1 Å². The summed E-state index contributed by atoms with van der Waals surface area (Å²) < 4.78 is 0. The van der Waals surface area contributed by atoms with E-state index in [2.05, 4.69) is 4.89 Å². The van der Waals surface area contributed by atoms with Crippen LogP contribution in [-0.4, -0.2) is 18.2 Å². The molecule has 0 aliphatic heterocycles. The standard InChI is InChI=1S/C5H10O.CH4O2/c1-3-5(6)4-2;1-3-2/h3-4H2,1-2H3;2H,1H3. The van der Waals surface area contributed by atoms with Gasteiger partial charge in [0.2, 0.25) is 0 Å². The van der Waals surface area contributed by atoms with E-state index in [1.165, 1.54) is 7.11 Å². The quantitative estimate of drug-likeness (QED) is 0.459. The van der Waals surface area contributed by atoms with E-state index < -0.39 is 0 Å². The fraction of sp³-hybridized carbons (Fsp3) is 0.833. The monoisotopic (exact) mass is 134 g/mol. The molecule has 0 spiro atoms. The summed E-state index contributed by atoms with van der Waals surface area (Å²) in [7, 11) is 1.18. The highest BCUT2D eigenvalue weighted by Crippen LogP contribution is 1.82. The summed E-state index contributed by atoms with van der Waals surface area (Å²) in [5.41, 5.74) is 0. The Hall–Kier alpha value is -0.410. The molecule has 56 valence electrons. The molecule has 0 radical (unpaired) electrons. The molecule has 0 unspecified atom stereocenters. The number of hydrogen-bond donors (Lipinski definition) is 1. The average Bonchev–Trinajstić information content (AvgIpc) is 1.88. The van der Waals surface area contributed by atoms with E-state index in [1.54, 1.807) is 0 Å². The smallest absolute Gasteiger partial charge is 0.132 e. The van der Waals surface area contributed by atoms with Crippen LogP contribution in [0.4, 0.5) is 0 Å². The lowest BCUT2D eigenvalue weighted by atomic mass is 10.3. The molecule has 0 saturated heterocycles. The molecule has 0 fully saturated rings. The van der Waals surface area contributed by atoms with Crippen LogP contribution in [-0.2, 0) is 9.68 Å². The van der Waals surface area contributed by atoms with E-state index in [0.717, 1.165) is 0 Å². The summed E-state index contributed by atoms with van der Waals surface area (Å²) in [6.45, 7) is 3.76. The SMILES string of the molecule is CCC(=O)CC.COO. The summed E-state index contributed by atoms with van der Waals surface area (Å²) in [5, 5.41) is 7.07. The first-order valence-electron chi connectivity index (χ1n) is 2.92. The molecule has 0 aromatic heterocycles. The molecule has 0 rings (SSSR count). The summed E-state index contributed by atoms with van der Waals surface area (Å²) >= 11 is 0. The molecule has 9 heavy (non-hydrogen) atoms. The van der Waals surface area contributed by atoms with Crippen molar-refractivity contribution in [2.45, 2.75) is 26.7 Å². The molecule has 0 atom stereocenters. The molecule has 3 heteroatoms. The van der Waals surface area contributed by atoms with E-state index >= 15 is 0 Å². The van der Waals surface area contributed by atoms with Gasteiger partial charge < -0.3 is 0 Å². The van der Waals surface area contributed by atoms with E-state index in [-0.39, 0.29) is 0 Å². The molecule has 0 aliphatic rings. The van der Waals surface area contributed by atoms with Gasteiger partial charge in [0.15, 0.2) is 0 Å². The maximum absolute atomic E-state index is 10.2. The molecule has 0 saturated carbocycles. The van der Waals surface area contributed by atoms with Gasteiger partial charge in [0.05, 0.1) is 7.11 Å². The van der Waals surface area contributed by atoms with Crippen LogP contribution in [0.15, 0.2) is 0 Å². The van der Waals surface area contributed by atoms with Gasteiger partial charge >= 0.3 is 0 Å². The van der Waals surface area contributed by atoms with Crippen molar-refractivity contribution in [3.8, 4) is 0 Å². The Labute approximate surface area is 55.6 Å². The van der Waals surface area contributed by atoms with Crippen molar-refractivity contribution in [2.75, 3.05) is 7.11 Å². The highest BCUT2D eigenvalue weighted by atomic mass is 17.1. The fourth-order valence-electron chi connectivity index (χ4n) is 0.250. The number of carbonyl (C=O) groups excluding carboxylic acids is 1. The average molecular weight is 134 g/mol. The van der Waals surface area contributed by atoms with Gasteiger partial charge in [-0.05, 0) is 0 Å². The zero-order valence-electron chi connectivity index (χ0n) is 6.18. The van der Waals surface area contributed by atoms with Crippen LogP contribution in [0.5, 0.6) is 0 Å². The summed E-state index contributed by atoms with van der Waals surface area (Å²) in [6, 6.07) is 0. The lowest BCUT2D eigenvalue weighted by Gasteiger charge is -1.81. The van der Waals surface area contributed by atoms with Gasteiger partial charge in [-0.15, -0.1) is 0 Å². The molecule has 0 heterocycles. The van der Waals surface area contributed by atoms with E-state index in [9.17, 15) is 4.79 Å². The van der Waals surface area contributed by atoms with E-state index in [4.69, 9.17) is 5.26 Å². The van der Waals surface area contributed by atoms with Crippen LogP contribution in [0, 0.1) is 0 Å². The molecule has 1 N–H and O–H groups in total. The minimum Gasteiger partial charge on any atom is -0.300 e. The fourth-order valence-corrected chi connectivity index (χ4v) is 0.250. The number of carbonyl (C=O) groups is 1. The van der Waals surface area contributed by atoms with Crippen LogP contribution < -0.4 is 0 Å². The Morgan fingerprint density at radius 2 is 1.67 bits per heavy atom. The Morgan fingerprint density at radius 3 is 1.67 bits per heavy atom. The second-order valence-corrected chi connectivity index (χ2v) is 1.43. The second kappa shape index (κ2) is 10.5. The molecule has 0 aromatic carbocycles. The van der Waals surface area contributed by atoms with Crippen LogP contribution in [0.1, 0.15) is 26.7 Å². The first kappa shape index (κ1) is 11.4. The summed E-state index contributed by atoms with van der Waals surface area (Å²) in [6.07, 6.45) is 1.38. The molecule has 3 nitrogen and oxygen atoms in total. The third-order valence-corrected chi connectivity index (χ3v) is 0.789. The molecular weight excluding hydrogens is 120 g/mol. The molecule has 0 aromatic rings. The first-order chi connectivity index (χ1) is 4.22. The number of Topliss-reactive ketones (excluding diaryl/α,β-unsaturated/α-hetero) is 1. The lowest BCUT2D eigenvalue weighted by molar-refractivity contribution is -0.214. The van der Waals surface area contributed by atoms with E-state index in [0.29, 0.717) is 18.6 Å². The third-order valence-electron chi connectivity index (χ3n) is 0.789. The summed E-state index contributed by atoms with van der Waals surface area (Å²) in [4.78, 5) is 13.4. The second-order valence-electron chi connectivity index (χ2n) is 1.43. The topological polar surface area (TPSA) is 46.5 Å². The van der Waals surface area contributed by atoms with Gasteiger partial charge in [0.1, 0.15) is 5.78 Å². The highest BCUT2D eigenvalue weighted by molar-refractivity contribution is 5.77. The maximum atomic E-state index is 10.2. The maximum Gasteiger partial charge on any atom is 0.132 e. The van der Waals surface area contributed by atoms with Crippen molar-refractivity contribution < 1.29 is 14.9 Å². The molecular formula is C6H14O3. The predicted octanol–water partition coefficient (Wildman–Crippen LogP) is 1.48. The van der Waals surface area contributed by atoms with Crippen molar-refractivity contribution >= 4 is 5.78 Å². The van der Waals surface area contributed by atoms with Crippen LogP contribution in [0.2, 0.25) is 0 Å². The van der Waals surface area contributed by atoms with Crippen molar-refractivity contribution in [1.29, 1.82) is 0 Å². The van der Waals surface area contributed by atoms with Gasteiger partial charge in [0, 0.05) is 12.8 Å². The minimum absolute atomic E-state index is 0.343. The molecule has 0 aliphatic carbocycles. The van der Waals surface area contributed by atoms with Crippen LogP contribution in [0.3, 0.4) is 0 Å². The van der Waals surface area contributed by atoms with E-state index in [1.807, 2.05) is 13.8 Å². The van der Waals surface area contributed by atoms with Gasteiger partial charge in [-0.1, -0.05) is 13.8 Å². The Morgan fingerprint density at radius 1 is 1.44 bits per heavy atom. The predicted molar refractivity (Wildman–Crippen MR) is 35.2 cm³/mol. The lowest BCUT2D eigenvalue weighted by Crippen LogP contribution is -1.88. The van der Waals surface area contributed by atoms with Gasteiger partial charge in [-0.2, -0.15) is 0 Å². The number of hydrogen-bond acceptors (Lipinski definition) is 3. The van der Waals surface area contributed by atoms with Crippen molar-refractivity contribution in [3.63, 3.8) is 0 Å².